The van der Waals surface area contributed by atoms with Crippen LogP contribution in [-0.2, 0) is 26.5 Å². The van der Waals surface area contributed by atoms with E-state index in [1.54, 1.807) is 0 Å². The molecule has 7 heavy (non-hydrogen) atoms. The smallest absolute Gasteiger partial charge is 0.300 e. The van der Waals surface area contributed by atoms with Crippen molar-refractivity contribution in [2.75, 3.05) is 7.11 Å². The minimum Gasteiger partial charge on any atom is -0.481 e. The van der Waals surface area contributed by atoms with E-state index in [9.17, 15) is 0 Å². The number of rotatable bonds is 0. The van der Waals surface area contributed by atoms with Gasteiger partial charge in [-0.25, -0.2) is 0 Å². The number of aliphatic hydroxyl groups is 1. The number of aliphatic carboxylic acids is 1. The summed E-state index contributed by atoms with van der Waals surface area (Å²) < 4.78 is 0. The Labute approximate surface area is 57.2 Å². The number of carboxylic acid groups (broad SMARTS) is 1. The van der Waals surface area contributed by atoms with Crippen LogP contribution in [0.2, 0.25) is 0 Å². The van der Waals surface area contributed by atoms with Crippen LogP contribution in [0.4, 0.5) is 0 Å². The molecule has 0 amide bonds. The third-order valence-corrected chi connectivity index (χ3v) is 0. The summed E-state index contributed by atoms with van der Waals surface area (Å²) in [5.74, 6) is -0.833. The largest absolute Gasteiger partial charge is 0.481 e. The molecule has 0 fully saturated rings. The van der Waals surface area contributed by atoms with Gasteiger partial charge in [0.15, 0.2) is 0 Å². The zero-order valence-electron chi connectivity index (χ0n) is 4.30. The maximum absolute atomic E-state index is 9.00. The molecule has 4 heteroatoms. The Morgan fingerprint density at radius 1 is 1.43 bits per heavy atom. The molecule has 2 N–H and O–H groups in total. The molecule has 0 aromatic carbocycles. The van der Waals surface area contributed by atoms with E-state index in [-0.39, 0.29) is 21.7 Å². The first kappa shape index (κ1) is 15.7. The molecule has 0 aliphatic carbocycles. The first-order valence-corrected chi connectivity index (χ1v) is 1.37. The van der Waals surface area contributed by atoms with E-state index >= 15 is 0 Å². The maximum Gasteiger partial charge on any atom is 0.300 e. The number of carbonyl (C=O) groups is 1. The quantitative estimate of drug-likeness (QED) is 0.454. The molecular weight excluding hydrogens is 132 g/mol. The second-order valence-electron chi connectivity index (χ2n) is 0.519. The fraction of sp³-hybridized carbons (Fsp3) is 0.667. The van der Waals surface area contributed by atoms with E-state index in [0.717, 1.165) is 14.0 Å². The van der Waals surface area contributed by atoms with Gasteiger partial charge in [-0.1, -0.05) is 0 Å². The normalized spacial score (nSPS) is 4.43. The number of hydrogen-bond acceptors (Lipinski definition) is 2. The monoisotopic (exact) mass is 140 g/mol. The van der Waals surface area contributed by atoms with Crippen molar-refractivity contribution in [1.29, 1.82) is 0 Å². The Morgan fingerprint density at radius 3 is 1.43 bits per heavy atom. The zero-order valence-corrected chi connectivity index (χ0v) is 5.86. The summed E-state index contributed by atoms with van der Waals surface area (Å²) in [6, 6.07) is 0. The van der Waals surface area contributed by atoms with Gasteiger partial charge >= 0.3 is 0 Å². The van der Waals surface area contributed by atoms with E-state index in [1.807, 2.05) is 0 Å². The predicted molar refractivity (Wildman–Crippen MR) is 21.5 cm³/mol. The second kappa shape index (κ2) is 16.4. The molecule has 0 aliphatic heterocycles. The molecule has 0 saturated heterocycles. The molecule has 0 aliphatic rings. The van der Waals surface area contributed by atoms with Gasteiger partial charge < -0.3 is 10.2 Å². The summed E-state index contributed by atoms with van der Waals surface area (Å²) in [6.45, 7) is 1.08. The van der Waals surface area contributed by atoms with Gasteiger partial charge in [0.05, 0.1) is 0 Å². The Kier molecular flexibility index (Phi) is 36.9. The van der Waals surface area contributed by atoms with Crippen molar-refractivity contribution in [2.45, 2.75) is 6.92 Å². The Morgan fingerprint density at radius 2 is 1.43 bits per heavy atom. The Hall–Kier alpha value is 0.144. The van der Waals surface area contributed by atoms with Gasteiger partial charge in [0.1, 0.15) is 0 Å². The third-order valence-electron chi connectivity index (χ3n) is 0. The topological polar surface area (TPSA) is 57.5 Å². The van der Waals surface area contributed by atoms with Gasteiger partial charge in [-0.15, -0.1) is 0 Å². The molecule has 42 valence electrons. The third kappa shape index (κ3) is 5070. The standard InChI is InChI=1S/C2H4O2.CH4O.Ti/c1-2(3)4;1-2;/h1H3,(H,3,4);2H,1H3;. The molecule has 0 rings (SSSR count). The van der Waals surface area contributed by atoms with Crippen LogP contribution >= 0.6 is 0 Å². The number of hydrogen-bond donors (Lipinski definition) is 2. The van der Waals surface area contributed by atoms with Crippen molar-refractivity contribution in [1.82, 2.24) is 0 Å². The van der Waals surface area contributed by atoms with E-state index in [1.165, 1.54) is 0 Å². The summed E-state index contributed by atoms with van der Waals surface area (Å²) in [5, 5.41) is 14.4. The van der Waals surface area contributed by atoms with Gasteiger partial charge in [-0.05, 0) is 0 Å². The van der Waals surface area contributed by atoms with Gasteiger partial charge in [0.25, 0.3) is 5.97 Å². The number of aliphatic hydroxyl groups excluding tert-OH is 1. The van der Waals surface area contributed by atoms with Crippen LogP contribution in [0, 0.1) is 0 Å². The molecule has 0 heterocycles. The maximum atomic E-state index is 9.00. The summed E-state index contributed by atoms with van der Waals surface area (Å²) in [7, 11) is 1.00. The fourth-order valence-electron chi connectivity index (χ4n) is 0. The van der Waals surface area contributed by atoms with Gasteiger partial charge in [0, 0.05) is 35.8 Å². The second-order valence-corrected chi connectivity index (χ2v) is 0.519. The van der Waals surface area contributed by atoms with Crippen LogP contribution < -0.4 is 0 Å². The Bertz CT molecular complexity index is 33.2. The van der Waals surface area contributed by atoms with E-state index in [2.05, 4.69) is 0 Å². The molecule has 0 saturated carbocycles. The number of carboxylic acids is 1. The van der Waals surface area contributed by atoms with Crippen molar-refractivity contribution in [3.8, 4) is 0 Å². The molecule has 0 atom stereocenters. The van der Waals surface area contributed by atoms with Gasteiger partial charge in [0.2, 0.25) is 0 Å². The SMILES string of the molecule is CC(=O)O.CO.[Ti]. The average molecular weight is 140 g/mol. The summed E-state index contributed by atoms with van der Waals surface area (Å²) in [5.41, 5.74) is 0. The van der Waals surface area contributed by atoms with Crippen LogP contribution in [0.5, 0.6) is 0 Å². The Balaban J connectivity index is -0.0000000480. The fourth-order valence-corrected chi connectivity index (χ4v) is 0. The van der Waals surface area contributed by atoms with Crippen LogP contribution in [0.1, 0.15) is 6.92 Å². The van der Waals surface area contributed by atoms with Crippen LogP contribution in [-0.4, -0.2) is 23.3 Å². The first-order valence-electron chi connectivity index (χ1n) is 1.37. The molecular formula is C3H8O3Ti. The van der Waals surface area contributed by atoms with Crippen LogP contribution in [0.15, 0.2) is 0 Å². The molecule has 0 unspecified atom stereocenters. The van der Waals surface area contributed by atoms with Crippen LogP contribution in [0.25, 0.3) is 0 Å². The summed E-state index contributed by atoms with van der Waals surface area (Å²) in [4.78, 5) is 9.00. The zero-order chi connectivity index (χ0) is 5.58. The van der Waals surface area contributed by atoms with Gasteiger partial charge in [-0.2, -0.15) is 0 Å². The molecule has 0 aromatic rings. The summed E-state index contributed by atoms with van der Waals surface area (Å²) in [6.07, 6.45) is 0. The van der Waals surface area contributed by atoms with Crippen molar-refractivity contribution < 1.29 is 36.7 Å². The van der Waals surface area contributed by atoms with Crippen molar-refractivity contribution in [3.05, 3.63) is 0 Å². The van der Waals surface area contributed by atoms with Crippen molar-refractivity contribution >= 4 is 5.97 Å². The van der Waals surface area contributed by atoms with Crippen molar-refractivity contribution in [2.24, 2.45) is 0 Å². The van der Waals surface area contributed by atoms with Crippen LogP contribution in [0.3, 0.4) is 0 Å². The van der Waals surface area contributed by atoms with E-state index < -0.39 is 5.97 Å². The van der Waals surface area contributed by atoms with E-state index in [0.29, 0.717) is 0 Å². The molecule has 0 spiro atoms. The molecule has 3 nitrogen and oxygen atoms in total. The predicted octanol–water partition coefficient (Wildman–Crippen LogP) is -0.303. The van der Waals surface area contributed by atoms with E-state index in [4.69, 9.17) is 15.0 Å². The van der Waals surface area contributed by atoms with Gasteiger partial charge in [-0.3, -0.25) is 4.79 Å². The average Bonchev–Trinajstić information content (AvgIpc) is 1.41. The summed E-state index contributed by atoms with van der Waals surface area (Å²) >= 11 is 0. The minimum absolute atomic E-state index is 0. The van der Waals surface area contributed by atoms with Crippen molar-refractivity contribution in [3.63, 3.8) is 0 Å². The minimum atomic E-state index is -0.833. The molecule has 0 radical (unpaired) electrons. The first-order chi connectivity index (χ1) is 2.73. The molecule has 0 aromatic heterocycles. The molecule has 0 bridgehead atoms.